The van der Waals surface area contributed by atoms with Crippen LogP contribution in [0.1, 0.15) is 17.1 Å². The summed E-state index contributed by atoms with van der Waals surface area (Å²) >= 11 is 1.35. The van der Waals surface area contributed by atoms with E-state index >= 15 is 0 Å². The van der Waals surface area contributed by atoms with Crippen LogP contribution in [-0.4, -0.2) is 29.8 Å². The number of nitrogens with zero attached hydrogens (tertiary/aromatic N) is 6. The Kier molecular flexibility index (Phi) is 5.04. The summed E-state index contributed by atoms with van der Waals surface area (Å²) in [6.07, 6.45) is 1.59. The molecule has 0 amide bonds. The first-order chi connectivity index (χ1) is 14.0. The van der Waals surface area contributed by atoms with Gasteiger partial charge in [0.15, 0.2) is 5.82 Å². The van der Waals surface area contributed by atoms with Crippen molar-refractivity contribution in [1.29, 1.82) is 0 Å². The Labute approximate surface area is 170 Å². The van der Waals surface area contributed by atoms with Crippen LogP contribution in [0.2, 0.25) is 0 Å². The molecule has 0 saturated carbocycles. The third kappa shape index (κ3) is 3.99. The lowest BCUT2D eigenvalue weighted by atomic mass is 10.2. The molecule has 4 aromatic rings. The Bertz CT molecular complexity index is 1150. The zero-order valence-electron chi connectivity index (χ0n) is 15.8. The first-order valence-corrected chi connectivity index (χ1v) is 9.70. The van der Waals surface area contributed by atoms with E-state index in [2.05, 4.69) is 30.5 Å². The molecule has 10 nitrogen and oxygen atoms in total. The summed E-state index contributed by atoms with van der Waals surface area (Å²) < 4.78 is 6.72. The van der Waals surface area contributed by atoms with Crippen molar-refractivity contribution in [3.63, 3.8) is 0 Å². The highest BCUT2D eigenvalue weighted by Crippen LogP contribution is 2.26. The summed E-state index contributed by atoms with van der Waals surface area (Å²) in [5, 5.41) is 12.0. The molecule has 1 aromatic carbocycles. The number of anilines is 3. The van der Waals surface area contributed by atoms with Crippen molar-refractivity contribution in [2.45, 2.75) is 24.8 Å². The molecule has 29 heavy (non-hydrogen) atoms. The van der Waals surface area contributed by atoms with Gasteiger partial charge in [-0.1, -0.05) is 30.0 Å². The van der Waals surface area contributed by atoms with Gasteiger partial charge in [0.05, 0.1) is 17.6 Å². The number of aromatic nitrogens is 6. The van der Waals surface area contributed by atoms with Crippen molar-refractivity contribution in [2.75, 3.05) is 16.9 Å². The zero-order chi connectivity index (χ0) is 20.4. The molecule has 4 rings (SSSR count). The van der Waals surface area contributed by atoms with Gasteiger partial charge in [0.25, 0.3) is 0 Å². The van der Waals surface area contributed by atoms with Crippen LogP contribution >= 0.6 is 11.8 Å². The molecule has 11 heteroatoms. The van der Waals surface area contributed by atoms with E-state index in [4.69, 9.17) is 16.0 Å². The second-order valence-corrected chi connectivity index (χ2v) is 7.17. The first kappa shape index (κ1) is 18.7. The van der Waals surface area contributed by atoms with E-state index in [1.54, 1.807) is 12.3 Å². The molecule has 5 N–H and O–H groups in total. The van der Waals surface area contributed by atoms with Gasteiger partial charge in [0.1, 0.15) is 11.6 Å². The number of rotatable bonds is 6. The quantitative estimate of drug-likeness (QED) is 0.321. The Morgan fingerprint density at radius 3 is 2.69 bits per heavy atom. The van der Waals surface area contributed by atoms with Gasteiger partial charge < -0.3 is 21.3 Å². The summed E-state index contributed by atoms with van der Waals surface area (Å²) in [5.41, 5.74) is 8.62. The molecule has 3 aromatic heterocycles. The SMILES string of the molecule is Cc1ccccc1Nc1nc(N)nc(CSc2nnc(-c3ccoc3C)n2N)n1. The zero-order valence-corrected chi connectivity index (χ0v) is 16.6. The predicted molar refractivity (Wildman–Crippen MR) is 111 cm³/mol. The topological polar surface area (TPSA) is 147 Å². The molecule has 0 aliphatic heterocycles. The summed E-state index contributed by atoms with van der Waals surface area (Å²) in [4.78, 5) is 12.8. The van der Waals surface area contributed by atoms with Crippen LogP contribution in [0.25, 0.3) is 11.4 Å². The molecule has 3 heterocycles. The highest BCUT2D eigenvalue weighted by molar-refractivity contribution is 7.98. The van der Waals surface area contributed by atoms with Gasteiger partial charge in [0.2, 0.25) is 17.1 Å². The second-order valence-electron chi connectivity index (χ2n) is 6.23. The van der Waals surface area contributed by atoms with E-state index in [-0.39, 0.29) is 5.95 Å². The molecule has 0 aliphatic rings. The minimum Gasteiger partial charge on any atom is -0.469 e. The van der Waals surface area contributed by atoms with Crippen LogP contribution in [0.5, 0.6) is 0 Å². The number of benzene rings is 1. The number of hydrogen-bond donors (Lipinski definition) is 3. The van der Waals surface area contributed by atoms with Crippen LogP contribution in [0.15, 0.2) is 46.2 Å². The minimum atomic E-state index is 0.135. The van der Waals surface area contributed by atoms with Gasteiger partial charge in [0, 0.05) is 5.69 Å². The maximum atomic E-state index is 6.15. The summed E-state index contributed by atoms with van der Waals surface area (Å²) in [5.74, 6) is 8.81. The molecule has 0 unspecified atom stereocenters. The fraction of sp³-hybridized carbons (Fsp3) is 0.167. The molecule has 0 atom stereocenters. The van der Waals surface area contributed by atoms with Crippen molar-refractivity contribution < 1.29 is 4.42 Å². The molecular weight excluding hydrogens is 390 g/mol. The fourth-order valence-electron chi connectivity index (χ4n) is 2.70. The van der Waals surface area contributed by atoms with Gasteiger partial charge >= 0.3 is 0 Å². The fourth-order valence-corrected chi connectivity index (χ4v) is 3.41. The lowest BCUT2D eigenvalue weighted by Gasteiger charge is -2.09. The Morgan fingerprint density at radius 1 is 1.10 bits per heavy atom. The molecule has 0 fully saturated rings. The molecule has 0 bridgehead atoms. The van der Waals surface area contributed by atoms with Gasteiger partial charge in [-0.05, 0) is 31.5 Å². The number of nitrogens with two attached hydrogens (primary N) is 2. The smallest absolute Gasteiger partial charge is 0.232 e. The van der Waals surface area contributed by atoms with E-state index in [0.29, 0.717) is 28.5 Å². The third-order valence-corrected chi connectivity index (χ3v) is 5.12. The number of nitrogens with one attached hydrogen (secondary N) is 1. The monoisotopic (exact) mass is 409 g/mol. The largest absolute Gasteiger partial charge is 0.469 e. The normalized spacial score (nSPS) is 11.0. The van der Waals surface area contributed by atoms with Crippen LogP contribution in [0.4, 0.5) is 17.6 Å². The molecular formula is C18H19N9OS. The van der Waals surface area contributed by atoms with Gasteiger partial charge in [-0.15, -0.1) is 10.2 Å². The van der Waals surface area contributed by atoms with Crippen molar-refractivity contribution in [1.82, 2.24) is 29.8 Å². The summed E-state index contributed by atoms with van der Waals surface area (Å²) in [6, 6.07) is 9.64. The van der Waals surface area contributed by atoms with E-state index in [1.807, 2.05) is 38.1 Å². The van der Waals surface area contributed by atoms with Crippen molar-refractivity contribution in [2.24, 2.45) is 0 Å². The highest BCUT2D eigenvalue weighted by atomic mass is 32.2. The molecule has 0 saturated heterocycles. The third-order valence-electron chi connectivity index (χ3n) is 4.19. The molecule has 0 aliphatic carbocycles. The standard InChI is InChI=1S/C18H19N9OS/c1-10-5-3-4-6-13(10)21-17-23-14(22-16(19)24-17)9-29-18-26-25-15(27(18)20)12-7-8-28-11(12)2/h3-8H,9,20H2,1-2H3,(H3,19,21,22,23,24). The second kappa shape index (κ2) is 7.80. The lowest BCUT2D eigenvalue weighted by Crippen LogP contribution is -2.12. The van der Waals surface area contributed by atoms with E-state index < -0.39 is 0 Å². The van der Waals surface area contributed by atoms with Crippen LogP contribution in [0.3, 0.4) is 0 Å². The Balaban J connectivity index is 1.51. The average molecular weight is 409 g/mol. The number of thioether (sulfide) groups is 1. The first-order valence-electron chi connectivity index (χ1n) is 8.72. The number of nitrogen functional groups attached to an aromatic ring is 2. The van der Waals surface area contributed by atoms with E-state index in [0.717, 1.165) is 22.6 Å². The van der Waals surface area contributed by atoms with E-state index in [9.17, 15) is 0 Å². The van der Waals surface area contributed by atoms with Crippen molar-refractivity contribution in [3.05, 3.63) is 53.7 Å². The van der Waals surface area contributed by atoms with E-state index in [1.165, 1.54) is 16.4 Å². The minimum absolute atomic E-state index is 0.135. The van der Waals surface area contributed by atoms with Crippen LogP contribution in [-0.2, 0) is 5.75 Å². The van der Waals surface area contributed by atoms with Crippen molar-refractivity contribution >= 4 is 29.3 Å². The predicted octanol–water partition coefficient (Wildman–Crippen LogP) is 2.67. The van der Waals surface area contributed by atoms with Crippen LogP contribution in [0, 0.1) is 13.8 Å². The number of hydrogen-bond acceptors (Lipinski definition) is 10. The Morgan fingerprint density at radius 2 is 1.93 bits per heavy atom. The van der Waals surface area contributed by atoms with Gasteiger partial charge in [-0.3, -0.25) is 0 Å². The number of para-hydroxylation sites is 1. The Hall–Kier alpha value is -3.60. The van der Waals surface area contributed by atoms with Crippen molar-refractivity contribution in [3.8, 4) is 11.4 Å². The molecule has 148 valence electrons. The summed E-state index contributed by atoms with van der Waals surface area (Å²) in [7, 11) is 0. The lowest BCUT2D eigenvalue weighted by molar-refractivity contribution is 0.535. The number of furan rings is 1. The van der Waals surface area contributed by atoms with Crippen LogP contribution < -0.4 is 16.9 Å². The van der Waals surface area contributed by atoms with Gasteiger partial charge in [-0.2, -0.15) is 15.0 Å². The average Bonchev–Trinajstić information content (AvgIpc) is 3.26. The summed E-state index contributed by atoms with van der Waals surface area (Å²) in [6.45, 7) is 3.84. The maximum absolute atomic E-state index is 6.15. The maximum Gasteiger partial charge on any atom is 0.232 e. The molecule has 0 spiro atoms. The number of aryl methyl sites for hydroxylation is 2. The highest BCUT2D eigenvalue weighted by Gasteiger charge is 2.16. The van der Waals surface area contributed by atoms with Gasteiger partial charge in [-0.25, -0.2) is 4.68 Å². The molecule has 0 radical (unpaired) electrons.